The molecule has 12 heteroatoms. The highest BCUT2D eigenvalue weighted by Gasteiger charge is 2.21. The van der Waals surface area contributed by atoms with E-state index in [4.69, 9.17) is 16.6 Å². The topological polar surface area (TPSA) is 158 Å². The van der Waals surface area contributed by atoms with Crippen LogP contribution in [0, 0.1) is 11.6 Å². The van der Waals surface area contributed by atoms with Crippen molar-refractivity contribution in [3.05, 3.63) is 53.9 Å². The minimum atomic E-state index is -1.39. The van der Waals surface area contributed by atoms with E-state index in [2.05, 4.69) is 20.1 Å². The van der Waals surface area contributed by atoms with Crippen molar-refractivity contribution in [3.63, 3.8) is 0 Å². The van der Waals surface area contributed by atoms with Crippen LogP contribution < -0.4 is 16.8 Å². The second-order valence-electron chi connectivity index (χ2n) is 6.23. The van der Waals surface area contributed by atoms with Crippen LogP contribution in [0.15, 0.2) is 36.7 Å². The molecular formula is C18H14F2N8O2. The Hall–Kier alpha value is -4.35. The van der Waals surface area contributed by atoms with Crippen LogP contribution in [0.3, 0.4) is 0 Å². The molecule has 0 fully saturated rings. The third kappa shape index (κ3) is 3.30. The molecule has 0 spiro atoms. The maximum Gasteiger partial charge on any atom is 0.409 e. The monoisotopic (exact) mass is 412 g/mol. The normalized spacial score (nSPS) is 11.0. The second kappa shape index (κ2) is 7.24. The number of aromatic nitrogens is 5. The molecule has 0 aliphatic carbocycles. The first-order valence-electron chi connectivity index (χ1n) is 8.52. The highest BCUT2D eigenvalue weighted by molar-refractivity contribution is 5.95. The van der Waals surface area contributed by atoms with E-state index in [-0.39, 0.29) is 46.5 Å². The van der Waals surface area contributed by atoms with Crippen LogP contribution in [-0.2, 0) is 6.54 Å². The van der Waals surface area contributed by atoms with Gasteiger partial charge in [0.05, 0.1) is 12.7 Å². The number of nitrogens with zero attached hydrogens (tertiary/aromatic N) is 5. The number of amides is 1. The van der Waals surface area contributed by atoms with Crippen molar-refractivity contribution in [2.24, 2.45) is 0 Å². The molecule has 4 rings (SSSR count). The number of carbonyl (C=O) groups is 1. The number of anilines is 3. The third-order valence-electron chi connectivity index (χ3n) is 4.31. The molecule has 0 atom stereocenters. The van der Waals surface area contributed by atoms with Gasteiger partial charge < -0.3 is 16.6 Å². The largest absolute Gasteiger partial charge is 0.465 e. The maximum absolute atomic E-state index is 14.6. The molecule has 0 unspecified atom stereocenters. The summed E-state index contributed by atoms with van der Waals surface area (Å²) in [4.78, 5) is 22.7. The average Bonchev–Trinajstić information content (AvgIpc) is 3.06. The Labute approximate surface area is 167 Å². The lowest BCUT2D eigenvalue weighted by atomic mass is 10.2. The molecule has 0 saturated heterocycles. The number of hydrogen-bond acceptors (Lipinski definition) is 7. The Kier molecular flexibility index (Phi) is 4.58. The molecular weight excluding hydrogens is 398 g/mol. The molecule has 152 valence electrons. The zero-order valence-corrected chi connectivity index (χ0v) is 15.2. The van der Waals surface area contributed by atoms with Crippen LogP contribution in [0.5, 0.6) is 0 Å². The Balaban J connectivity index is 1.88. The fraction of sp³-hybridized carbons (Fsp3) is 0.0556. The molecule has 6 N–H and O–H groups in total. The minimum Gasteiger partial charge on any atom is -0.465 e. The summed E-state index contributed by atoms with van der Waals surface area (Å²) in [5.74, 6) is -1.62. The van der Waals surface area contributed by atoms with Gasteiger partial charge in [0.25, 0.3) is 0 Å². The number of nitrogen functional groups attached to an aromatic ring is 2. The first kappa shape index (κ1) is 19.0. The Morgan fingerprint density at radius 2 is 1.87 bits per heavy atom. The van der Waals surface area contributed by atoms with Gasteiger partial charge in [-0.2, -0.15) is 5.10 Å². The lowest BCUT2D eigenvalue weighted by Gasteiger charge is -2.08. The number of carboxylic acid groups (broad SMARTS) is 1. The summed E-state index contributed by atoms with van der Waals surface area (Å²) in [7, 11) is 0. The Morgan fingerprint density at radius 3 is 2.53 bits per heavy atom. The quantitative estimate of drug-likeness (QED) is 0.398. The van der Waals surface area contributed by atoms with E-state index in [0.29, 0.717) is 5.39 Å². The fourth-order valence-electron chi connectivity index (χ4n) is 3.00. The molecule has 0 aliphatic rings. The minimum absolute atomic E-state index is 0.0366. The molecule has 3 heterocycles. The number of benzene rings is 1. The number of halogens is 2. The third-order valence-corrected chi connectivity index (χ3v) is 4.31. The van der Waals surface area contributed by atoms with Crippen LogP contribution >= 0.6 is 0 Å². The molecule has 1 aromatic carbocycles. The number of fused-ring (bicyclic) bond motifs is 1. The highest BCUT2D eigenvalue weighted by atomic mass is 19.1. The summed E-state index contributed by atoms with van der Waals surface area (Å²) in [6.07, 6.45) is 1.08. The molecule has 0 bridgehead atoms. The average molecular weight is 412 g/mol. The summed E-state index contributed by atoms with van der Waals surface area (Å²) < 4.78 is 29.9. The van der Waals surface area contributed by atoms with Crippen molar-refractivity contribution in [1.29, 1.82) is 0 Å². The van der Waals surface area contributed by atoms with Gasteiger partial charge in [-0.3, -0.25) is 15.0 Å². The molecule has 3 aromatic heterocycles. The van der Waals surface area contributed by atoms with E-state index in [1.54, 1.807) is 6.07 Å². The van der Waals surface area contributed by atoms with Gasteiger partial charge in [-0.1, -0.05) is 12.1 Å². The van der Waals surface area contributed by atoms with Gasteiger partial charge in [0.1, 0.15) is 28.5 Å². The number of para-hydroxylation sites is 1. The van der Waals surface area contributed by atoms with E-state index >= 15 is 0 Å². The molecule has 10 nitrogen and oxygen atoms in total. The van der Waals surface area contributed by atoms with Crippen LogP contribution in [0.4, 0.5) is 30.9 Å². The summed E-state index contributed by atoms with van der Waals surface area (Å²) >= 11 is 0. The van der Waals surface area contributed by atoms with Crippen LogP contribution in [0.2, 0.25) is 0 Å². The number of rotatable bonds is 4. The predicted molar refractivity (Wildman–Crippen MR) is 104 cm³/mol. The number of nitrogens with two attached hydrogens (primary N) is 2. The molecule has 1 amide bonds. The van der Waals surface area contributed by atoms with E-state index < -0.39 is 17.7 Å². The van der Waals surface area contributed by atoms with Crippen LogP contribution in [-0.4, -0.2) is 35.9 Å². The van der Waals surface area contributed by atoms with Gasteiger partial charge in [0, 0.05) is 17.1 Å². The van der Waals surface area contributed by atoms with E-state index in [0.717, 1.165) is 6.20 Å². The standard InChI is InChI=1S/C18H14F2N8O2/c19-10-3-1-2-9-12(17-25-15(21)13(16(22)26-17)24-18(29)30)27-28(14(9)10)7-8-4-5-23-6-11(8)20/h1-6,24H,7H2,(H,29,30)(H4,21,22,25,26). The van der Waals surface area contributed by atoms with E-state index in [9.17, 15) is 13.6 Å². The van der Waals surface area contributed by atoms with Crippen molar-refractivity contribution in [1.82, 2.24) is 24.7 Å². The number of pyridine rings is 1. The van der Waals surface area contributed by atoms with Gasteiger partial charge in [-0.05, 0) is 12.1 Å². The van der Waals surface area contributed by atoms with Crippen molar-refractivity contribution >= 4 is 34.3 Å². The molecule has 4 aromatic rings. The van der Waals surface area contributed by atoms with Gasteiger partial charge in [-0.25, -0.2) is 23.5 Å². The fourth-order valence-corrected chi connectivity index (χ4v) is 3.00. The van der Waals surface area contributed by atoms with Crippen molar-refractivity contribution in [2.75, 3.05) is 16.8 Å². The summed E-state index contributed by atoms with van der Waals surface area (Å²) in [5.41, 5.74) is 12.0. The van der Waals surface area contributed by atoms with E-state index in [1.807, 2.05) is 5.32 Å². The zero-order valence-electron chi connectivity index (χ0n) is 15.2. The van der Waals surface area contributed by atoms with Crippen molar-refractivity contribution < 1.29 is 18.7 Å². The lowest BCUT2D eigenvalue weighted by molar-refractivity contribution is 0.209. The van der Waals surface area contributed by atoms with E-state index in [1.165, 1.54) is 29.1 Å². The number of hydrogen-bond donors (Lipinski definition) is 4. The zero-order chi connectivity index (χ0) is 21.4. The summed E-state index contributed by atoms with van der Waals surface area (Å²) in [6.45, 7) is -0.0740. The SMILES string of the molecule is Nc1nc(-c2nn(Cc3ccncc3F)c3c(F)cccc23)nc(N)c1NC(=O)O. The predicted octanol–water partition coefficient (Wildman–Crippen LogP) is 2.47. The smallest absolute Gasteiger partial charge is 0.409 e. The summed E-state index contributed by atoms with van der Waals surface area (Å²) in [5, 5.41) is 15.6. The first-order chi connectivity index (χ1) is 14.3. The molecule has 0 aliphatic heterocycles. The maximum atomic E-state index is 14.6. The lowest BCUT2D eigenvalue weighted by Crippen LogP contribution is -2.14. The Morgan fingerprint density at radius 1 is 1.13 bits per heavy atom. The number of nitrogens with one attached hydrogen (secondary N) is 1. The van der Waals surface area contributed by atoms with Gasteiger partial charge >= 0.3 is 6.09 Å². The summed E-state index contributed by atoms with van der Waals surface area (Å²) in [6, 6.07) is 5.78. The molecule has 30 heavy (non-hydrogen) atoms. The van der Waals surface area contributed by atoms with Gasteiger partial charge in [-0.15, -0.1) is 0 Å². The van der Waals surface area contributed by atoms with Crippen LogP contribution in [0.25, 0.3) is 22.4 Å². The van der Waals surface area contributed by atoms with Crippen molar-refractivity contribution in [2.45, 2.75) is 6.54 Å². The highest BCUT2D eigenvalue weighted by Crippen LogP contribution is 2.32. The molecule has 0 radical (unpaired) electrons. The second-order valence-corrected chi connectivity index (χ2v) is 6.23. The van der Waals surface area contributed by atoms with Gasteiger partial charge in [0.15, 0.2) is 17.5 Å². The van der Waals surface area contributed by atoms with Gasteiger partial charge in [0.2, 0.25) is 0 Å². The van der Waals surface area contributed by atoms with Crippen molar-refractivity contribution in [3.8, 4) is 11.5 Å². The Bertz CT molecular complexity index is 1270. The first-order valence-corrected chi connectivity index (χ1v) is 8.52. The molecule has 0 saturated carbocycles. The van der Waals surface area contributed by atoms with Crippen LogP contribution in [0.1, 0.15) is 5.56 Å².